The molecule has 2 nitrogen and oxygen atoms in total. The van der Waals surface area contributed by atoms with Gasteiger partial charge in [0, 0.05) is 19.2 Å². The van der Waals surface area contributed by atoms with Gasteiger partial charge >= 0.3 is 0 Å². The highest BCUT2D eigenvalue weighted by atomic mass is 16.5. The highest BCUT2D eigenvalue weighted by Crippen LogP contribution is 2.21. The van der Waals surface area contributed by atoms with Crippen LogP contribution in [0.1, 0.15) is 38.2 Å². The molecule has 1 fully saturated rings. The van der Waals surface area contributed by atoms with Crippen LogP contribution in [0.2, 0.25) is 0 Å². The lowest BCUT2D eigenvalue weighted by atomic mass is 9.92. The Morgan fingerprint density at radius 1 is 1.17 bits per heavy atom. The Hall–Kier alpha value is -0.860. The fourth-order valence-corrected chi connectivity index (χ4v) is 2.89. The van der Waals surface area contributed by atoms with Crippen LogP contribution in [-0.2, 0) is 11.2 Å². The Kier molecular flexibility index (Phi) is 5.21. The Bertz CT molecular complexity index is 330. The third-order valence-electron chi connectivity index (χ3n) is 3.91. The molecule has 2 heteroatoms. The highest BCUT2D eigenvalue weighted by molar-refractivity contribution is 5.15. The quantitative estimate of drug-likeness (QED) is 0.863. The van der Waals surface area contributed by atoms with E-state index in [4.69, 9.17) is 4.74 Å². The summed E-state index contributed by atoms with van der Waals surface area (Å²) in [6, 6.07) is 12.0. The summed E-state index contributed by atoms with van der Waals surface area (Å²) >= 11 is 0. The minimum Gasteiger partial charge on any atom is -0.381 e. The number of methoxy groups -OCH3 is 1. The molecular formula is C16H25NO. The largest absolute Gasteiger partial charge is 0.381 e. The van der Waals surface area contributed by atoms with Gasteiger partial charge in [-0.2, -0.15) is 0 Å². The van der Waals surface area contributed by atoms with Crippen molar-refractivity contribution in [1.29, 1.82) is 0 Å². The summed E-state index contributed by atoms with van der Waals surface area (Å²) < 4.78 is 5.41. The van der Waals surface area contributed by atoms with Crippen LogP contribution in [0.3, 0.4) is 0 Å². The van der Waals surface area contributed by atoms with E-state index in [0.717, 1.165) is 6.42 Å². The van der Waals surface area contributed by atoms with E-state index in [9.17, 15) is 0 Å². The number of rotatable bonds is 5. The molecule has 1 aliphatic rings. The molecule has 0 heterocycles. The summed E-state index contributed by atoms with van der Waals surface area (Å²) in [5.41, 5.74) is 1.42. The van der Waals surface area contributed by atoms with Gasteiger partial charge in [0.25, 0.3) is 0 Å². The van der Waals surface area contributed by atoms with E-state index < -0.39 is 0 Å². The smallest absolute Gasteiger partial charge is 0.0572 e. The average molecular weight is 247 g/mol. The van der Waals surface area contributed by atoms with E-state index in [-0.39, 0.29) is 0 Å². The molecule has 0 amide bonds. The van der Waals surface area contributed by atoms with E-state index >= 15 is 0 Å². The van der Waals surface area contributed by atoms with Gasteiger partial charge in [-0.1, -0.05) is 30.3 Å². The number of ether oxygens (including phenoxy) is 1. The average Bonchev–Trinajstić information content (AvgIpc) is 2.40. The van der Waals surface area contributed by atoms with E-state index in [1.807, 2.05) is 7.11 Å². The summed E-state index contributed by atoms with van der Waals surface area (Å²) in [5.74, 6) is 0. The molecule has 1 unspecified atom stereocenters. The Labute approximate surface area is 111 Å². The summed E-state index contributed by atoms with van der Waals surface area (Å²) in [4.78, 5) is 0. The van der Waals surface area contributed by atoms with Gasteiger partial charge in [-0.25, -0.2) is 0 Å². The predicted octanol–water partition coefficient (Wildman–Crippen LogP) is 3.16. The molecule has 18 heavy (non-hydrogen) atoms. The minimum absolute atomic E-state index is 0.493. The van der Waals surface area contributed by atoms with E-state index in [0.29, 0.717) is 18.2 Å². The SMILES string of the molecule is COC1CCC(NC(C)Cc2ccccc2)CC1. The zero-order chi connectivity index (χ0) is 12.8. The molecule has 0 radical (unpaired) electrons. The van der Waals surface area contributed by atoms with Crippen LogP contribution in [0, 0.1) is 0 Å². The topological polar surface area (TPSA) is 21.3 Å². The number of nitrogens with one attached hydrogen (secondary N) is 1. The standard InChI is InChI=1S/C16H25NO/c1-13(12-14-6-4-3-5-7-14)17-15-8-10-16(18-2)11-9-15/h3-7,13,15-17H,8-12H2,1-2H3. The molecule has 1 saturated carbocycles. The van der Waals surface area contributed by atoms with Gasteiger partial charge in [-0.3, -0.25) is 0 Å². The minimum atomic E-state index is 0.493. The molecule has 0 saturated heterocycles. The van der Waals surface area contributed by atoms with Crippen LogP contribution in [0.25, 0.3) is 0 Å². The normalized spacial score (nSPS) is 25.9. The molecule has 0 spiro atoms. The third kappa shape index (κ3) is 4.11. The molecule has 1 N–H and O–H groups in total. The monoisotopic (exact) mass is 247 g/mol. The second kappa shape index (κ2) is 6.91. The first-order chi connectivity index (χ1) is 8.78. The third-order valence-corrected chi connectivity index (χ3v) is 3.91. The molecule has 0 bridgehead atoms. The Morgan fingerprint density at radius 3 is 2.44 bits per heavy atom. The summed E-state index contributed by atoms with van der Waals surface area (Å²) in [7, 11) is 1.83. The van der Waals surface area contributed by atoms with Crippen molar-refractivity contribution in [2.75, 3.05) is 7.11 Å². The fraction of sp³-hybridized carbons (Fsp3) is 0.625. The molecule has 0 aromatic heterocycles. The zero-order valence-electron chi connectivity index (χ0n) is 11.6. The van der Waals surface area contributed by atoms with Gasteiger partial charge in [0.2, 0.25) is 0 Å². The molecule has 100 valence electrons. The van der Waals surface area contributed by atoms with Gasteiger partial charge in [-0.15, -0.1) is 0 Å². The molecular weight excluding hydrogens is 222 g/mol. The number of hydrogen-bond donors (Lipinski definition) is 1. The summed E-state index contributed by atoms with van der Waals surface area (Å²) in [6.45, 7) is 2.29. The van der Waals surface area contributed by atoms with Crippen molar-refractivity contribution in [3.05, 3.63) is 35.9 Å². The van der Waals surface area contributed by atoms with Gasteiger partial charge in [0.15, 0.2) is 0 Å². The second-order valence-electron chi connectivity index (χ2n) is 5.47. The lowest BCUT2D eigenvalue weighted by Gasteiger charge is -2.30. The first-order valence-corrected chi connectivity index (χ1v) is 7.10. The maximum atomic E-state index is 5.41. The molecule has 1 aromatic rings. The number of benzene rings is 1. The van der Waals surface area contributed by atoms with Crippen molar-refractivity contribution in [2.45, 2.75) is 57.2 Å². The molecule has 1 atom stereocenters. The highest BCUT2D eigenvalue weighted by Gasteiger charge is 2.21. The molecule has 1 aromatic carbocycles. The van der Waals surface area contributed by atoms with Crippen molar-refractivity contribution in [3.8, 4) is 0 Å². The van der Waals surface area contributed by atoms with E-state index in [1.165, 1.54) is 31.2 Å². The van der Waals surface area contributed by atoms with Crippen molar-refractivity contribution in [1.82, 2.24) is 5.32 Å². The molecule has 1 aliphatic carbocycles. The maximum absolute atomic E-state index is 5.41. The van der Waals surface area contributed by atoms with Crippen molar-refractivity contribution in [3.63, 3.8) is 0 Å². The Balaban J connectivity index is 1.73. The zero-order valence-corrected chi connectivity index (χ0v) is 11.6. The molecule has 0 aliphatic heterocycles. The second-order valence-corrected chi connectivity index (χ2v) is 5.47. The van der Waals surface area contributed by atoms with Crippen molar-refractivity contribution >= 4 is 0 Å². The number of hydrogen-bond acceptors (Lipinski definition) is 2. The van der Waals surface area contributed by atoms with Crippen LogP contribution in [0.4, 0.5) is 0 Å². The summed E-state index contributed by atoms with van der Waals surface area (Å²) in [5, 5.41) is 3.76. The van der Waals surface area contributed by atoms with Crippen LogP contribution in [0.5, 0.6) is 0 Å². The van der Waals surface area contributed by atoms with E-state index in [1.54, 1.807) is 0 Å². The predicted molar refractivity (Wildman–Crippen MR) is 75.8 cm³/mol. The van der Waals surface area contributed by atoms with Crippen LogP contribution >= 0.6 is 0 Å². The lowest BCUT2D eigenvalue weighted by Crippen LogP contribution is -2.41. The summed E-state index contributed by atoms with van der Waals surface area (Å²) in [6.07, 6.45) is 6.51. The van der Waals surface area contributed by atoms with Crippen LogP contribution < -0.4 is 5.32 Å². The first-order valence-electron chi connectivity index (χ1n) is 7.10. The van der Waals surface area contributed by atoms with Crippen LogP contribution in [0.15, 0.2) is 30.3 Å². The molecule has 2 rings (SSSR count). The maximum Gasteiger partial charge on any atom is 0.0572 e. The fourth-order valence-electron chi connectivity index (χ4n) is 2.89. The lowest BCUT2D eigenvalue weighted by molar-refractivity contribution is 0.0614. The Morgan fingerprint density at radius 2 is 1.83 bits per heavy atom. The van der Waals surface area contributed by atoms with Gasteiger partial charge in [-0.05, 0) is 44.6 Å². The van der Waals surface area contributed by atoms with E-state index in [2.05, 4.69) is 42.6 Å². The van der Waals surface area contributed by atoms with Gasteiger partial charge in [0.1, 0.15) is 0 Å². The van der Waals surface area contributed by atoms with Crippen molar-refractivity contribution < 1.29 is 4.74 Å². The van der Waals surface area contributed by atoms with Gasteiger partial charge < -0.3 is 10.1 Å². The van der Waals surface area contributed by atoms with Gasteiger partial charge in [0.05, 0.1) is 6.10 Å². The van der Waals surface area contributed by atoms with Crippen LogP contribution in [-0.4, -0.2) is 25.3 Å². The van der Waals surface area contributed by atoms with Crippen molar-refractivity contribution in [2.24, 2.45) is 0 Å². The first kappa shape index (κ1) is 13.6.